The van der Waals surface area contributed by atoms with Crippen molar-refractivity contribution in [2.75, 3.05) is 20.1 Å². The van der Waals surface area contributed by atoms with Gasteiger partial charge in [0.25, 0.3) is 0 Å². The molecule has 1 aromatic rings. The topological polar surface area (TPSA) is 44.0 Å². The molecule has 1 unspecified atom stereocenters. The summed E-state index contributed by atoms with van der Waals surface area (Å²) in [5.74, 6) is 0. The lowest BCUT2D eigenvalue weighted by atomic mass is 10.0. The average molecular weight is 206 g/mol. The smallest absolute Gasteiger partial charge is 0.0841 e. The molecule has 1 atom stereocenters. The number of H-pyrrole nitrogens is 1. The van der Waals surface area contributed by atoms with Gasteiger partial charge in [0.2, 0.25) is 0 Å². The van der Waals surface area contributed by atoms with Crippen LogP contribution in [0.5, 0.6) is 0 Å². The van der Waals surface area contributed by atoms with Crippen LogP contribution >= 0.6 is 0 Å². The average Bonchev–Trinajstić information content (AvgIpc) is 2.83. The quantitative estimate of drug-likeness (QED) is 0.715. The lowest BCUT2D eigenvalue weighted by molar-refractivity contribution is 0.310. The second kappa shape index (κ2) is 3.61. The van der Waals surface area contributed by atoms with Crippen LogP contribution in [0.15, 0.2) is 0 Å². The van der Waals surface area contributed by atoms with Crippen LogP contribution in [0.4, 0.5) is 0 Å². The first-order valence-corrected chi connectivity index (χ1v) is 5.83. The molecule has 1 aromatic heterocycles. The van der Waals surface area contributed by atoms with Gasteiger partial charge in [-0.05, 0) is 26.4 Å². The van der Waals surface area contributed by atoms with Crippen LogP contribution in [0, 0.1) is 0 Å². The highest BCUT2D eigenvalue weighted by molar-refractivity contribution is 5.30. The molecule has 2 N–H and O–H groups in total. The Hall–Kier alpha value is -0.870. The molecule has 1 fully saturated rings. The van der Waals surface area contributed by atoms with E-state index >= 15 is 0 Å². The van der Waals surface area contributed by atoms with Gasteiger partial charge in [-0.3, -0.25) is 10.00 Å². The molecule has 0 aromatic carbocycles. The zero-order chi connectivity index (χ0) is 10.3. The van der Waals surface area contributed by atoms with Gasteiger partial charge in [0.05, 0.1) is 11.7 Å². The van der Waals surface area contributed by atoms with Crippen LogP contribution < -0.4 is 5.32 Å². The van der Waals surface area contributed by atoms with Gasteiger partial charge in [-0.15, -0.1) is 0 Å². The molecule has 0 aliphatic carbocycles. The zero-order valence-electron chi connectivity index (χ0n) is 9.21. The van der Waals surface area contributed by atoms with Crippen molar-refractivity contribution in [3.8, 4) is 0 Å². The fourth-order valence-corrected chi connectivity index (χ4v) is 2.78. The summed E-state index contributed by atoms with van der Waals surface area (Å²) >= 11 is 0. The second-order valence-electron chi connectivity index (χ2n) is 4.63. The molecule has 2 aliphatic rings. The van der Waals surface area contributed by atoms with E-state index in [0.717, 1.165) is 19.5 Å². The Bertz CT molecular complexity index is 357. The van der Waals surface area contributed by atoms with E-state index in [4.69, 9.17) is 0 Å². The van der Waals surface area contributed by atoms with E-state index in [-0.39, 0.29) is 0 Å². The number of nitrogens with zero attached hydrogens (tertiary/aromatic N) is 2. The fraction of sp³-hybridized carbons (Fsp3) is 0.727. The summed E-state index contributed by atoms with van der Waals surface area (Å²) in [6, 6.07) is 0.546. The molecule has 0 saturated carbocycles. The normalized spacial score (nSPS) is 26.9. The summed E-state index contributed by atoms with van der Waals surface area (Å²) in [7, 11) is 2.20. The van der Waals surface area contributed by atoms with E-state index in [2.05, 4.69) is 27.5 Å². The standard InChI is InChI=1S/C11H18N4/c1-15-6-2-3-10(15)11-8-7-12-5-4-9(8)13-14-11/h10,12H,2-7H2,1H3,(H,13,14). The molecule has 0 radical (unpaired) electrons. The number of hydrogen-bond donors (Lipinski definition) is 2. The molecular weight excluding hydrogens is 188 g/mol. The Kier molecular flexibility index (Phi) is 2.25. The van der Waals surface area contributed by atoms with Crippen molar-refractivity contribution in [2.45, 2.75) is 31.8 Å². The summed E-state index contributed by atoms with van der Waals surface area (Å²) in [4.78, 5) is 2.42. The summed E-state index contributed by atoms with van der Waals surface area (Å²) in [6.45, 7) is 3.28. The van der Waals surface area contributed by atoms with Gasteiger partial charge in [-0.1, -0.05) is 0 Å². The van der Waals surface area contributed by atoms with Crippen molar-refractivity contribution < 1.29 is 0 Å². The number of aromatic amines is 1. The first-order valence-electron chi connectivity index (χ1n) is 5.83. The van der Waals surface area contributed by atoms with Crippen molar-refractivity contribution in [2.24, 2.45) is 0 Å². The number of hydrogen-bond acceptors (Lipinski definition) is 3. The van der Waals surface area contributed by atoms with Crippen LogP contribution in [0.2, 0.25) is 0 Å². The van der Waals surface area contributed by atoms with E-state index in [1.807, 2.05) is 0 Å². The zero-order valence-corrected chi connectivity index (χ0v) is 9.21. The monoisotopic (exact) mass is 206 g/mol. The molecule has 2 aliphatic heterocycles. The van der Waals surface area contributed by atoms with Gasteiger partial charge in [-0.25, -0.2) is 0 Å². The molecule has 3 heterocycles. The molecule has 15 heavy (non-hydrogen) atoms. The highest BCUT2D eigenvalue weighted by Crippen LogP contribution is 2.32. The van der Waals surface area contributed by atoms with E-state index in [0.29, 0.717) is 6.04 Å². The lowest BCUT2D eigenvalue weighted by Crippen LogP contribution is -2.25. The maximum Gasteiger partial charge on any atom is 0.0841 e. The lowest BCUT2D eigenvalue weighted by Gasteiger charge is -2.20. The van der Waals surface area contributed by atoms with Crippen LogP contribution in [0.3, 0.4) is 0 Å². The van der Waals surface area contributed by atoms with Crippen LogP contribution in [0.1, 0.15) is 35.8 Å². The molecule has 1 saturated heterocycles. The fourth-order valence-electron chi connectivity index (χ4n) is 2.78. The third-order valence-electron chi connectivity index (χ3n) is 3.67. The van der Waals surface area contributed by atoms with Gasteiger partial charge in [-0.2, -0.15) is 5.10 Å². The predicted molar refractivity (Wildman–Crippen MR) is 58.6 cm³/mol. The summed E-state index contributed by atoms with van der Waals surface area (Å²) in [5, 5.41) is 11.2. The van der Waals surface area contributed by atoms with Crippen molar-refractivity contribution >= 4 is 0 Å². The van der Waals surface area contributed by atoms with Gasteiger partial charge >= 0.3 is 0 Å². The third kappa shape index (κ3) is 1.48. The van der Waals surface area contributed by atoms with E-state index in [1.165, 1.54) is 36.3 Å². The van der Waals surface area contributed by atoms with E-state index in [9.17, 15) is 0 Å². The number of rotatable bonds is 1. The minimum Gasteiger partial charge on any atom is -0.312 e. The Morgan fingerprint density at radius 2 is 2.40 bits per heavy atom. The molecule has 4 nitrogen and oxygen atoms in total. The van der Waals surface area contributed by atoms with Crippen molar-refractivity contribution in [1.29, 1.82) is 0 Å². The number of likely N-dealkylation sites (tertiary alicyclic amines) is 1. The van der Waals surface area contributed by atoms with E-state index < -0.39 is 0 Å². The molecule has 0 bridgehead atoms. The maximum absolute atomic E-state index is 4.52. The predicted octanol–water partition coefficient (Wildman–Crippen LogP) is 0.822. The molecule has 0 spiro atoms. The highest BCUT2D eigenvalue weighted by atomic mass is 15.2. The van der Waals surface area contributed by atoms with Crippen molar-refractivity contribution in [3.05, 3.63) is 17.0 Å². The van der Waals surface area contributed by atoms with Gasteiger partial charge in [0, 0.05) is 30.8 Å². The van der Waals surface area contributed by atoms with Crippen LogP contribution in [-0.2, 0) is 13.0 Å². The van der Waals surface area contributed by atoms with Crippen molar-refractivity contribution in [3.63, 3.8) is 0 Å². The SMILES string of the molecule is CN1CCCC1c1n[nH]c2c1CNCC2. The first kappa shape index (κ1) is 9.36. The van der Waals surface area contributed by atoms with Gasteiger partial charge < -0.3 is 5.32 Å². The molecule has 3 rings (SSSR count). The van der Waals surface area contributed by atoms with Gasteiger partial charge in [0.1, 0.15) is 0 Å². The molecule has 4 heteroatoms. The largest absolute Gasteiger partial charge is 0.312 e. The first-order chi connectivity index (χ1) is 7.36. The summed E-state index contributed by atoms with van der Waals surface area (Å²) in [5.41, 5.74) is 4.07. The summed E-state index contributed by atoms with van der Waals surface area (Å²) in [6.07, 6.45) is 3.66. The Morgan fingerprint density at radius 1 is 1.47 bits per heavy atom. The second-order valence-corrected chi connectivity index (χ2v) is 4.63. The minimum atomic E-state index is 0.546. The van der Waals surface area contributed by atoms with Crippen LogP contribution in [-0.4, -0.2) is 35.2 Å². The maximum atomic E-state index is 4.52. The Morgan fingerprint density at radius 3 is 3.20 bits per heavy atom. The third-order valence-corrected chi connectivity index (χ3v) is 3.67. The van der Waals surface area contributed by atoms with E-state index in [1.54, 1.807) is 0 Å². The van der Waals surface area contributed by atoms with Crippen molar-refractivity contribution in [1.82, 2.24) is 20.4 Å². The number of nitrogens with one attached hydrogen (secondary N) is 2. The summed E-state index contributed by atoms with van der Waals surface area (Å²) < 4.78 is 0. The van der Waals surface area contributed by atoms with Crippen LogP contribution in [0.25, 0.3) is 0 Å². The molecular formula is C11H18N4. The minimum absolute atomic E-state index is 0.546. The molecule has 0 amide bonds. The number of aromatic nitrogens is 2. The Balaban J connectivity index is 1.94. The highest BCUT2D eigenvalue weighted by Gasteiger charge is 2.29. The molecule has 82 valence electrons. The number of fused-ring (bicyclic) bond motifs is 1. The Labute approximate surface area is 90.0 Å². The van der Waals surface area contributed by atoms with Gasteiger partial charge in [0.15, 0.2) is 0 Å².